The van der Waals surface area contributed by atoms with Crippen LogP contribution in [0.5, 0.6) is 0 Å². The molecule has 3 aliphatic heterocycles. The number of amides is 1. The minimum atomic E-state index is -0.348. The molecule has 4 heterocycles. The van der Waals surface area contributed by atoms with Crippen molar-refractivity contribution in [2.75, 3.05) is 44.7 Å². The molecule has 0 radical (unpaired) electrons. The Morgan fingerprint density at radius 1 is 1.25 bits per heavy atom. The fourth-order valence-electron chi connectivity index (χ4n) is 4.00. The number of aromatic nitrogens is 1. The van der Waals surface area contributed by atoms with Crippen molar-refractivity contribution >= 4 is 34.2 Å². The first-order valence-electron chi connectivity index (χ1n) is 8.61. The number of rotatable bonds is 3. The topological polar surface area (TPSA) is 48.9 Å². The zero-order chi connectivity index (χ0) is 16.7. The van der Waals surface area contributed by atoms with Crippen LogP contribution in [0.4, 0.5) is 9.93 Å². The molecule has 3 saturated heterocycles. The zero-order valence-electron chi connectivity index (χ0n) is 14.0. The molecule has 1 amide bonds. The summed E-state index contributed by atoms with van der Waals surface area (Å²) >= 11 is 8.10. The van der Waals surface area contributed by atoms with Gasteiger partial charge in [0.15, 0.2) is 5.13 Å². The van der Waals surface area contributed by atoms with Gasteiger partial charge in [0.05, 0.1) is 11.4 Å². The Balaban J connectivity index is 1.44. The number of thiazole rings is 1. The van der Waals surface area contributed by atoms with Gasteiger partial charge in [-0.3, -0.25) is 4.90 Å². The first-order valence-corrected chi connectivity index (χ1v) is 9.81. The SMILES string of the molecule is CN1C[C@@]2(CCCN(Cc3sc(N4CCCC4)nc3Cl)C2)OC1=O. The van der Waals surface area contributed by atoms with Crippen molar-refractivity contribution in [2.45, 2.75) is 37.8 Å². The summed E-state index contributed by atoms with van der Waals surface area (Å²) in [7, 11) is 1.80. The van der Waals surface area contributed by atoms with E-state index in [4.69, 9.17) is 16.3 Å². The van der Waals surface area contributed by atoms with Gasteiger partial charge < -0.3 is 14.5 Å². The predicted octanol–water partition coefficient (Wildman–Crippen LogP) is 2.81. The van der Waals surface area contributed by atoms with Gasteiger partial charge >= 0.3 is 6.09 Å². The van der Waals surface area contributed by atoms with Crippen LogP contribution in [0.25, 0.3) is 0 Å². The van der Waals surface area contributed by atoms with Crippen molar-refractivity contribution in [1.29, 1.82) is 0 Å². The summed E-state index contributed by atoms with van der Waals surface area (Å²) in [6, 6.07) is 0. The van der Waals surface area contributed by atoms with E-state index in [0.717, 1.165) is 55.6 Å². The zero-order valence-corrected chi connectivity index (χ0v) is 15.5. The van der Waals surface area contributed by atoms with Crippen LogP contribution in [0.2, 0.25) is 5.15 Å². The van der Waals surface area contributed by atoms with E-state index in [1.54, 1.807) is 23.3 Å². The van der Waals surface area contributed by atoms with E-state index < -0.39 is 0 Å². The Hall–Kier alpha value is -1.05. The summed E-state index contributed by atoms with van der Waals surface area (Å²) in [4.78, 5) is 23.8. The van der Waals surface area contributed by atoms with Gasteiger partial charge in [0, 0.05) is 33.2 Å². The molecule has 1 atom stereocenters. The summed E-state index contributed by atoms with van der Waals surface area (Å²) in [6.07, 6.45) is 4.25. The quantitative estimate of drug-likeness (QED) is 0.818. The van der Waals surface area contributed by atoms with Gasteiger partial charge in [-0.1, -0.05) is 22.9 Å². The maximum Gasteiger partial charge on any atom is 0.410 e. The molecule has 0 N–H and O–H groups in total. The van der Waals surface area contributed by atoms with Crippen molar-refractivity contribution in [1.82, 2.24) is 14.8 Å². The molecule has 0 unspecified atom stereocenters. The van der Waals surface area contributed by atoms with Crippen LogP contribution < -0.4 is 4.90 Å². The van der Waals surface area contributed by atoms with Gasteiger partial charge in [-0.25, -0.2) is 9.78 Å². The molecule has 1 spiro atoms. The minimum Gasteiger partial charge on any atom is -0.440 e. The second kappa shape index (κ2) is 6.35. The minimum absolute atomic E-state index is 0.205. The van der Waals surface area contributed by atoms with Crippen LogP contribution in [0.3, 0.4) is 0 Å². The maximum atomic E-state index is 11.8. The molecule has 1 aromatic heterocycles. The normalized spacial score (nSPS) is 28.2. The number of carbonyl (C=O) groups excluding carboxylic acids is 1. The van der Waals surface area contributed by atoms with Crippen molar-refractivity contribution < 1.29 is 9.53 Å². The average Bonchev–Trinajstić information content (AvgIpc) is 3.22. The molecular formula is C16H23ClN4O2S. The smallest absolute Gasteiger partial charge is 0.410 e. The standard InChI is InChI=1S/C16H23ClN4O2S/c1-19-10-16(23-15(19)22)5-4-6-20(11-16)9-12-13(17)18-14(24-12)21-7-2-3-8-21/h2-11H2,1H3/t16-/m1/s1. The molecule has 1 aromatic rings. The lowest BCUT2D eigenvalue weighted by molar-refractivity contribution is -0.0110. The van der Waals surface area contributed by atoms with E-state index in [2.05, 4.69) is 14.8 Å². The van der Waals surface area contributed by atoms with Gasteiger partial charge in [0.25, 0.3) is 0 Å². The van der Waals surface area contributed by atoms with Gasteiger partial charge in [0.1, 0.15) is 10.8 Å². The largest absolute Gasteiger partial charge is 0.440 e. The summed E-state index contributed by atoms with van der Waals surface area (Å²) in [5.74, 6) is 0. The molecule has 132 valence electrons. The van der Waals surface area contributed by atoms with Crippen molar-refractivity contribution in [2.24, 2.45) is 0 Å². The number of anilines is 1. The highest BCUT2D eigenvalue weighted by Crippen LogP contribution is 2.35. The Kier molecular flexibility index (Phi) is 4.34. The lowest BCUT2D eigenvalue weighted by Gasteiger charge is -2.38. The number of halogens is 1. The Morgan fingerprint density at radius 2 is 2.04 bits per heavy atom. The molecule has 24 heavy (non-hydrogen) atoms. The molecule has 4 rings (SSSR count). The summed E-state index contributed by atoms with van der Waals surface area (Å²) in [5.41, 5.74) is -0.348. The first-order chi connectivity index (χ1) is 11.5. The molecule has 0 saturated carbocycles. The highest BCUT2D eigenvalue weighted by atomic mass is 35.5. The Morgan fingerprint density at radius 3 is 2.75 bits per heavy atom. The monoisotopic (exact) mass is 370 g/mol. The van der Waals surface area contributed by atoms with E-state index in [1.165, 1.54) is 12.8 Å². The molecule has 0 aromatic carbocycles. The number of hydrogen-bond acceptors (Lipinski definition) is 6. The summed E-state index contributed by atoms with van der Waals surface area (Å²) in [5, 5.41) is 1.67. The van der Waals surface area contributed by atoms with Gasteiger partial charge in [-0.2, -0.15) is 0 Å². The predicted molar refractivity (Wildman–Crippen MR) is 94.9 cm³/mol. The van der Waals surface area contributed by atoms with E-state index in [9.17, 15) is 4.79 Å². The van der Waals surface area contributed by atoms with Crippen LogP contribution in [0.15, 0.2) is 0 Å². The Bertz CT molecular complexity index is 634. The second-order valence-corrected chi connectivity index (χ2v) is 8.55. The number of hydrogen-bond donors (Lipinski definition) is 0. The lowest BCUT2D eigenvalue weighted by Crippen LogP contribution is -2.50. The number of nitrogens with zero attached hydrogens (tertiary/aromatic N) is 4. The molecular weight excluding hydrogens is 348 g/mol. The number of likely N-dealkylation sites (tertiary alicyclic amines) is 1. The number of likely N-dealkylation sites (N-methyl/N-ethyl adjacent to an activating group) is 1. The molecule has 0 bridgehead atoms. The molecule has 8 heteroatoms. The van der Waals surface area contributed by atoms with E-state index >= 15 is 0 Å². The summed E-state index contributed by atoms with van der Waals surface area (Å²) < 4.78 is 5.68. The fourth-order valence-corrected chi connectivity index (χ4v) is 5.35. The van der Waals surface area contributed by atoms with E-state index in [-0.39, 0.29) is 11.7 Å². The average molecular weight is 371 g/mol. The van der Waals surface area contributed by atoms with Gasteiger partial charge in [-0.15, -0.1) is 0 Å². The molecule has 0 aliphatic carbocycles. The highest BCUT2D eigenvalue weighted by molar-refractivity contribution is 7.16. The third kappa shape index (κ3) is 3.09. The van der Waals surface area contributed by atoms with Gasteiger partial charge in [-0.05, 0) is 32.2 Å². The van der Waals surface area contributed by atoms with Gasteiger partial charge in [0.2, 0.25) is 0 Å². The maximum absolute atomic E-state index is 11.8. The number of carbonyl (C=O) groups is 1. The van der Waals surface area contributed by atoms with Crippen molar-refractivity contribution in [3.63, 3.8) is 0 Å². The third-order valence-electron chi connectivity index (χ3n) is 5.14. The van der Waals surface area contributed by atoms with Crippen LogP contribution in [-0.2, 0) is 11.3 Å². The lowest BCUT2D eigenvalue weighted by atomic mass is 9.93. The number of ether oxygens (including phenoxy) is 1. The van der Waals surface area contributed by atoms with Crippen LogP contribution in [0.1, 0.15) is 30.6 Å². The second-order valence-electron chi connectivity index (χ2n) is 7.13. The third-order valence-corrected chi connectivity index (χ3v) is 6.67. The molecule has 3 fully saturated rings. The van der Waals surface area contributed by atoms with Crippen LogP contribution >= 0.6 is 22.9 Å². The van der Waals surface area contributed by atoms with Crippen LogP contribution in [0, 0.1) is 0 Å². The highest BCUT2D eigenvalue weighted by Gasteiger charge is 2.46. The molecule has 3 aliphatic rings. The van der Waals surface area contributed by atoms with Crippen molar-refractivity contribution in [3.05, 3.63) is 10.0 Å². The van der Waals surface area contributed by atoms with Crippen LogP contribution in [-0.4, -0.2) is 66.2 Å². The Labute approximate surface area is 151 Å². The van der Waals surface area contributed by atoms with Crippen molar-refractivity contribution in [3.8, 4) is 0 Å². The first kappa shape index (κ1) is 16.4. The fraction of sp³-hybridized carbons (Fsp3) is 0.750. The number of piperidine rings is 1. The summed E-state index contributed by atoms with van der Waals surface area (Å²) in [6.45, 7) is 5.41. The van der Waals surface area contributed by atoms with E-state index in [1.807, 2.05) is 0 Å². The molecule has 6 nitrogen and oxygen atoms in total. The van der Waals surface area contributed by atoms with E-state index in [0.29, 0.717) is 11.7 Å².